The van der Waals surface area contributed by atoms with E-state index in [9.17, 15) is 0 Å². The molecule has 0 spiro atoms. The first-order valence-corrected chi connectivity index (χ1v) is 7.91. The molecule has 0 bridgehead atoms. The molecule has 108 valence electrons. The lowest BCUT2D eigenvalue weighted by Crippen LogP contribution is -2.11. The Bertz CT molecular complexity index is 537. The Morgan fingerprint density at radius 1 is 1.20 bits per heavy atom. The highest BCUT2D eigenvalue weighted by molar-refractivity contribution is 7.10. The van der Waals surface area contributed by atoms with Crippen molar-refractivity contribution in [1.82, 2.24) is 9.97 Å². The van der Waals surface area contributed by atoms with Crippen LogP contribution in [0.5, 0.6) is 0 Å². The summed E-state index contributed by atoms with van der Waals surface area (Å²) in [5.74, 6) is 2.93. The van der Waals surface area contributed by atoms with E-state index in [4.69, 9.17) is 0 Å². The number of rotatable bonds is 6. The van der Waals surface area contributed by atoms with Crippen LogP contribution in [0.3, 0.4) is 0 Å². The van der Waals surface area contributed by atoms with Crippen LogP contribution in [0.1, 0.15) is 50.4 Å². The van der Waals surface area contributed by atoms with E-state index in [2.05, 4.69) is 65.8 Å². The van der Waals surface area contributed by atoms with E-state index in [0.717, 1.165) is 24.0 Å². The number of anilines is 2. The first-order valence-electron chi connectivity index (χ1n) is 7.03. The summed E-state index contributed by atoms with van der Waals surface area (Å²) < 4.78 is 0. The molecule has 0 amide bonds. The lowest BCUT2D eigenvalue weighted by molar-refractivity contribution is 0.770. The number of aromatic nitrogens is 2. The van der Waals surface area contributed by atoms with Gasteiger partial charge in [0, 0.05) is 23.4 Å². The highest BCUT2D eigenvalue weighted by Gasteiger charge is 2.11. The molecule has 5 heteroatoms. The normalized spacial score (nSPS) is 12.4. The van der Waals surface area contributed by atoms with Crippen LogP contribution in [-0.4, -0.2) is 16.5 Å². The van der Waals surface area contributed by atoms with Crippen molar-refractivity contribution >= 4 is 23.0 Å². The van der Waals surface area contributed by atoms with E-state index in [1.807, 2.05) is 6.07 Å². The minimum atomic E-state index is 0.249. The predicted octanol–water partition coefficient (Wildman–Crippen LogP) is 4.27. The topological polar surface area (TPSA) is 49.8 Å². The summed E-state index contributed by atoms with van der Waals surface area (Å²) in [7, 11) is 0. The van der Waals surface area contributed by atoms with Gasteiger partial charge < -0.3 is 10.6 Å². The van der Waals surface area contributed by atoms with Crippen LogP contribution in [0.25, 0.3) is 0 Å². The van der Waals surface area contributed by atoms with Crippen molar-refractivity contribution in [3.05, 3.63) is 34.3 Å². The Labute approximate surface area is 124 Å². The molecule has 0 aliphatic rings. The van der Waals surface area contributed by atoms with Gasteiger partial charge in [0.15, 0.2) is 0 Å². The second-order valence-electron chi connectivity index (χ2n) is 5.06. The SMILES string of the molecule is CCNc1cc(NC(C)c2cccs2)nc(C(C)C)n1. The van der Waals surface area contributed by atoms with Crippen molar-refractivity contribution in [3.8, 4) is 0 Å². The summed E-state index contributed by atoms with van der Waals surface area (Å²) in [5, 5.41) is 8.81. The van der Waals surface area contributed by atoms with E-state index in [1.165, 1.54) is 4.88 Å². The quantitative estimate of drug-likeness (QED) is 0.834. The Hall–Kier alpha value is -1.62. The highest BCUT2D eigenvalue weighted by Crippen LogP contribution is 2.24. The monoisotopic (exact) mass is 290 g/mol. The van der Waals surface area contributed by atoms with E-state index in [-0.39, 0.29) is 6.04 Å². The summed E-state index contributed by atoms with van der Waals surface area (Å²) in [4.78, 5) is 10.4. The summed E-state index contributed by atoms with van der Waals surface area (Å²) >= 11 is 1.75. The van der Waals surface area contributed by atoms with E-state index < -0.39 is 0 Å². The van der Waals surface area contributed by atoms with Crippen molar-refractivity contribution in [1.29, 1.82) is 0 Å². The van der Waals surface area contributed by atoms with E-state index >= 15 is 0 Å². The van der Waals surface area contributed by atoms with Crippen LogP contribution in [0, 0.1) is 0 Å². The molecule has 0 aromatic carbocycles. The van der Waals surface area contributed by atoms with Crippen molar-refractivity contribution in [2.24, 2.45) is 0 Å². The summed E-state index contributed by atoms with van der Waals surface area (Å²) in [6.45, 7) is 9.29. The Balaban J connectivity index is 2.21. The van der Waals surface area contributed by atoms with Crippen molar-refractivity contribution in [2.75, 3.05) is 17.2 Å². The molecule has 2 heterocycles. The van der Waals surface area contributed by atoms with Crippen LogP contribution < -0.4 is 10.6 Å². The number of hydrogen-bond donors (Lipinski definition) is 2. The molecular formula is C15H22N4S. The van der Waals surface area contributed by atoms with Crippen LogP contribution in [0.4, 0.5) is 11.6 Å². The molecule has 0 radical (unpaired) electrons. The molecule has 2 rings (SSSR count). The molecule has 0 aliphatic heterocycles. The first-order chi connectivity index (χ1) is 9.60. The van der Waals surface area contributed by atoms with Gasteiger partial charge in [-0.3, -0.25) is 0 Å². The van der Waals surface area contributed by atoms with Gasteiger partial charge in [0.2, 0.25) is 0 Å². The smallest absolute Gasteiger partial charge is 0.135 e. The molecule has 0 aliphatic carbocycles. The molecule has 0 saturated carbocycles. The fourth-order valence-electron chi connectivity index (χ4n) is 1.90. The highest BCUT2D eigenvalue weighted by atomic mass is 32.1. The van der Waals surface area contributed by atoms with Crippen molar-refractivity contribution in [2.45, 2.75) is 39.7 Å². The maximum atomic E-state index is 4.61. The third-order valence-electron chi connectivity index (χ3n) is 2.95. The Morgan fingerprint density at radius 2 is 1.95 bits per heavy atom. The zero-order chi connectivity index (χ0) is 14.5. The minimum Gasteiger partial charge on any atom is -0.370 e. The largest absolute Gasteiger partial charge is 0.370 e. The number of nitrogens with zero attached hydrogens (tertiary/aromatic N) is 2. The maximum absolute atomic E-state index is 4.61. The molecule has 20 heavy (non-hydrogen) atoms. The number of thiophene rings is 1. The van der Waals surface area contributed by atoms with E-state index in [0.29, 0.717) is 5.92 Å². The van der Waals surface area contributed by atoms with Crippen LogP contribution in [0.15, 0.2) is 23.6 Å². The average Bonchev–Trinajstić information content (AvgIpc) is 2.92. The number of nitrogens with one attached hydrogen (secondary N) is 2. The van der Waals surface area contributed by atoms with Crippen molar-refractivity contribution in [3.63, 3.8) is 0 Å². The number of hydrogen-bond acceptors (Lipinski definition) is 5. The van der Waals surface area contributed by atoms with Gasteiger partial charge in [-0.1, -0.05) is 19.9 Å². The zero-order valence-electron chi connectivity index (χ0n) is 12.5. The third-order valence-corrected chi connectivity index (χ3v) is 4.01. The summed E-state index contributed by atoms with van der Waals surface area (Å²) in [6.07, 6.45) is 0. The minimum absolute atomic E-state index is 0.249. The lowest BCUT2D eigenvalue weighted by Gasteiger charge is -2.16. The van der Waals surface area contributed by atoms with E-state index in [1.54, 1.807) is 11.3 Å². The average molecular weight is 290 g/mol. The third kappa shape index (κ3) is 3.70. The fraction of sp³-hybridized carbons (Fsp3) is 0.467. The second-order valence-corrected chi connectivity index (χ2v) is 6.04. The Kier molecular flexibility index (Phi) is 4.95. The standard InChI is InChI=1S/C15H22N4S/c1-5-16-13-9-14(19-15(18-13)10(2)3)17-11(4)12-7-6-8-20-12/h6-11H,5H2,1-4H3,(H2,16,17,18,19). The van der Waals surface area contributed by atoms with Gasteiger partial charge in [0.1, 0.15) is 17.5 Å². The van der Waals surface area contributed by atoms with Crippen LogP contribution in [0.2, 0.25) is 0 Å². The lowest BCUT2D eigenvalue weighted by atomic mass is 10.2. The second kappa shape index (κ2) is 6.70. The summed E-state index contributed by atoms with van der Waals surface area (Å²) in [5.41, 5.74) is 0. The van der Waals surface area contributed by atoms with Gasteiger partial charge in [0.05, 0.1) is 6.04 Å². The van der Waals surface area contributed by atoms with Gasteiger partial charge in [-0.25, -0.2) is 9.97 Å². The molecule has 2 aromatic heterocycles. The molecule has 4 nitrogen and oxygen atoms in total. The molecule has 0 fully saturated rings. The van der Waals surface area contributed by atoms with Crippen LogP contribution >= 0.6 is 11.3 Å². The molecule has 2 aromatic rings. The van der Waals surface area contributed by atoms with Gasteiger partial charge in [-0.15, -0.1) is 11.3 Å². The van der Waals surface area contributed by atoms with Crippen LogP contribution in [-0.2, 0) is 0 Å². The molecule has 0 saturated heterocycles. The van der Waals surface area contributed by atoms with Gasteiger partial charge in [0.25, 0.3) is 0 Å². The maximum Gasteiger partial charge on any atom is 0.135 e. The first kappa shape index (κ1) is 14.8. The Morgan fingerprint density at radius 3 is 2.55 bits per heavy atom. The molecule has 1 unspecified atom stereocenters. The van der Waals surface area contributed by atoms with Gasteiger partial charge in [-0.05, 0) is 25.3 Å². The van der Waals surface area contributed by atoms with Gasteiger partial charge >= 0.3 is 0 Å². The summed E-state index contributed by atoms with van der Waals surface area (Å²) in [6, 6.07) is 6.43. The zero-order valence-corrected chi connectivity index (χ0v) is 13.3. The van der Waals surface area contributed by atoms with Gasteiger partial charge in [-0.2, -0.15) is 0 Å². The molecular weight excluding hydrogens is 268 g/mol. The predicted molar refractivity (Wildman–Crippen MR) is 86.6 cm³/mol. The fourth-order valence-corrected chi connectivity index (χ4v) is 2.63. The van der Waals surface area contributed by atoms with Crippen molar-refractivity contribution < 1.29 is 0 Å². The molecule has 2 N–H and O–H groups in total. The molecule has 1 atom stereocenters.